The molecule has 0 aliphatic carbocycles. The standard InChI is InChI=1S/C17H32N4O2/c1-11(8-15-12(2)20-21(7)13(15)3)18-16(23)19-14(10-22)9-17(4,5)6/h11,14,22H,8-10H2,1-7H3,(H2,18,19,23). The van der Waals surface area contributed by atoms with Crippen LogP contribution in [0.15, 0.2) is 0 Å². The molecule has 0 bridgehead atoms. The van der Waals surface area contributed by atoms with Gasteiger partial charge in [0, 0.05) is 18.8 Å². The molecule has 0 aliphatic heterocycles. The van der Waals surface area contributed by atoms with Gasteiger partial charge < -0.3 is 15.7 Å². The third-order valence-corrected chi connectivity index (χ3v) is 3.96. The second-order valence-corrected chi connectivity index (χ2v) is 7.64. The molecule has 2 atom stereocenters. The molecule has 0 fully saturated rings. The molecular formula is C17H32N4O2. The Labute approximate surface area is 139 Å². The van der Waals surface area contributed by atoms with Crippen LogP contribution in [0.25, 0.3) is 0 Å². The van der Waals surface area contributed by atoms with Crippen molar-refractivity contribution in [2.75, 3.05) is 6.61 Å². The third-order valence-electron chi connectivity index (χ3n) is 3.96. The normalized spacial score (nSPS) is 14.4. The lowest BCUT2D eigenvalue weighted by molar-refractivity contribution is 0.189. The van der Waals surface area contributed by atoms with Crippen molar-refractivity contribution in [1.29, 1.82) is 0 Å². The second kappa shape index (κ2) is 7.81. The summed E-state index contributed by atoms with van der Waals surface area (Å²) in [6, 6.07) is -0.477. The van der Waals surface area contributed by atoms with Gasteiger partial charge in [0.1, 0.15) is 0 Å². The molecule has 3 N–H and O–H groups in total. The van der Waals surface area contributed by atoms with Crippen LogP contribution >= 0.6 is 0 Å². The summed E-state index contributed by atoms with van der Waals surface area (Å²) in [5.74, 6) is 0. The molecule has 6 heteroatoms. The number of aromatic nitrogens is 2. The van der Waals surface area contributed by atoms with E-state index >= 15 is 0 Å². The lowest BCUT2D eigenvalue weighted by Gasteiger charge is -2.26. The molecular weight excluding hydrogens is 292 g/mol. The van der Waals surface area contributed by atoms with E-state index in [0.29, 0.717) is 0 Å². The van der Waals surface area contributed by atoms with E-state index in [1.165, 1.54) is 5.56 Å². The Kier molecular flexibility index (Phi) is 6.62. The van der Waals surface area contributed by atoms with Crippen LogP contribution in [0.4, 0.5) is 4.79 Å². The number of carbonyl (C=O) groups excluding carboxylic acids is 1. The average molecular weight is 324 g/mol. The maximum atomic E-state index is 12.1. The molecule has 0 aliphatic rings. The number of aryl methyl sites for hydroxylation is 2. The minimum absolute atomic E-state index is 0.00872. The molecule has 2 amide bonds. The highest BCUT2D eigenvalue weighted by molar-refractivity contribution is 5.74. The molecule has 2 unspecified atom stereocenters. The third kappa shape index (κ3) is 6.22. The molecule has 23 heavy (non-hydrogen) atoms. The molecule has 0 radical (unpaired) electrons. The highest BCUT2D eigenvalue weighted by Gasteiger charge is 2.21. The Morgan fingerprint density at radius 1 is 1.30 bits per heavy atom. The molecule has 1 aromatic rings. The molecule has 1 rings (SSSR count). The first kappa shape index (κ1) is 19.5. The molecule has 0 spiro atoms. The summed E-state index contributed by atoms with van der Waals surface area (Å²) in [5, 5.41) is 19.6. The molecule has 0 saturated heterocycles. The smallest absolute Gasteiger partial charge is 0.315 e. The predicted octanol–water partition coefficient (Wildman–Crippen LogP) is 2.06. The maximum absolute atomic E-state index is 12.1. The van der Waals surface area contributed by atoms with Gasteiger partial charge >= 0.3 is 6.03 Å². The van der Waals surface area contributed by atoms with Crippen molar-refractivity contribution < 1.29 is 9.90 Å². The largest absolute Gasteiger partial charge is 0.394 e. The molecule has 1 aromatic heterocycles. The number of rotatable bonds is 6. The lowest BCUT2D eigenvalue weighted by Crippen LogP contribution is -2.48. The van der Waals surface area contributed by atoms with Gasteiger partial charge in [-0.3, -0.25) is 4.68 Å². The topological polar surface area (TPSA) is 79.2 Å². The predicted molar refractivity (Wildman–Crippen MR) is 92.5 cm³/mol. The molecule has 132 valence electrons. The maximum Gasteiger partial charge on any atom is 0.315 e. The van der Waals surface area contributed by atoms with Gasteiger partial charge in [-0.15, -0.1) is 0 Å². The molecule has 6 nitrogen and oxygen atoms in total. The van der Waals surface area contributed by atoms with E-state index in [0.717, 1.165) is 24.2 Å². The van der Waals surface area contributed by atoms with Crippen LogP contribution in [0.1, 0.15) is 51.1 Å². The Bertz CT molecular complexity index is 531. The van der Waals surface area contributed by atoms with Crippen LogP contribution in [0, 0.1) is 19.3 Å². The summed E-state index contributed by atoms with van der Waals surface area (Å²) in [5.41, 5.74) is 3.35. The lowest BCUT2D eigenvalue weighted by atomic mass is 9.88. The van der Waals surface area contributed by atoms with Crippen LogP contribution in [0.3, 0.4) is 0 Å². The highest BCUT2D eigenvalue weighted by atomic mass is 16.3. The summed E-state index contributed by atoms with van der Waals surface area (Å²) < 4.78 is 1.86. The minimum Gasteiger partial charge on any atom is -0.394 e. The average Bonchev–Trinajstić information content (AvgIpc) is 2.62. The Balaban J connectivity index is 2.56. The van der Waals surface area contributed by atoms with Crippen molar-refractivity contribution in [1.82, 2.24) is 20.4 Å². The van der Waals surface area contributed by atoms with Crippen molar-refractivity contribution in [3.63, 3.8) is 0 Å². The van der Waals surface area contributed by atoms with Crippen LogP contribution in [-0.4, -0.2) is 39.6 Å². The van der Waals surface area contributed by atoms with Gasteiger partial charge in [0.15, 0.2) is 0 Å². The number of aliphatic hydroxyl groups is 1. The van der Waals surface area contributed by atoms with Crippen molar-refractivity contribution >= 4 is 6.03 Å². The fraction of sp³-hybridized carbons (Fsp3) is 0.765. The van der Waals surface area contributed by atoms with Gasteiger partial charge in [0.05, 0.1) is 18.3 Å². The number of hydrogen-bond acceptors (Lipinski definition) is 3. The summed E-state index contributed by atoms with van der Waals surface area (Å²) in [6.45, 7) is 12.2. The summed E-state index contributed by atoms with van der Waals surface area (Å²) in [4.78, 5) is 12.1. The number of amides is 2. The second-order valence-electron chi connectivity index (χ2n) is 7.64. The fourth-order valence-corrected chi connectivity index (χ4v) is 2.82. The summed E-state index contributed by atoms with van der Waals surface area (Å²) in [7, 11) is 1.93. The SMILES string of the molecule is Cc1nn(C)c(C)c1CC(C)NC(=O)NC(CO)CC(C)(C)C. The van der Waals surface area contributed by atoms with E-state index < -0.39 is 0 Å². The Morgan fingerprint density at radius 2 is 1.91 bits per heavy atom. The van der Waals surface area contributed by atoms with Crippen LogP contribution in [-0.2, 0) is 13.5 Å². The van der Waals surface area contributed by atoms with Gasteiger partial charge in [0.25, 0.3) is 0 Å². The highest BCUT2D eigenvalue weighted by Crippen LogP contribution is 2.20. The minimum atomic E-state index is -0.236. The first-order valence-electron chi connectivity index (χ1n) is 8.20. The number of nitrogens with one attached hydrogen (secondary N) is 2. The first-order chi connectivity index (χ1) is 10.5. The number of nitrogens with zero attached hydrogens (tertiary/aromatic N) is 2. The number of hydrogen-bond donors (Lipinski definition) is 3. The van der Waals surface area contributed by atoms with E-state index in [2.05, 4.69) is 36.5 Å². The quantitative estimate of drug-likeness (QED) is 0.749. The van der Waals surface area contributed by atoms with Crippen LogP contribution in [0.5, 0.6) is 0 Å². The van der Waals surface area contributed by atoms with Crippen molar-refractivity contribution in [2.24, 2.45) is 12.5 Å². The van der Waals surface area contributed by atoms with E-state index in [1.807, 2.05) is 32.5 Å². The number of aliphatic hydroxyl groups excluding tert-OH is 1. The zero-order valence-electron chi connectivity index (χ0n) is 15.5. The van der Waals surface area contributed by atoms with Crippen molar-refractivity contribution in [2.45, 2.75) is 66.5 Å². The fourth-order valence-electron chi connectivity index (χ4n) is 2.82. The Hall–Kier alpha value is -1.56. The van der Waals surface area contributed by atoms with E-state index in [4.69, 9.17) is 0 Å². The number of urea groups is 1. The Morgan fingerprint density at radius 3 is 2.35 bits per heavy atom. The zero-order chi connectivity index (χ0) is 17.8. The molecule has 1 heterocycles. The first-order valence-corrected chi connectivity index (χ1v) is 8.20. The summed E-state index contributed by atoms with van der Waals surface area (Å²) >= 11 is 0. The van der Waals surface area contributed by atoms with Crippen molar-refractivity contribution in [3.05, 3.63) is 17.0 Å². The van der Waals surface area contributed by atoms with Gasteiger partial charge in [-0.2, -0.15) is 5.10 Å². The summed E-state index contributed by atoms with van der Waals surface area (Å²) in [6.07, 6.45) is 1.47. The van der Waals surface area contributed by atoms with Gasteiger partial charge in [-0.25, -0.2) is 4.79 Å². The van der Waals surface area contributed by atoms with Crippen LogP contribution < -0.4 is 10.6 Å². The van der Waals surface area contributed by atoms with Gasteiger partial charge in [-0.05, 0) is 44.6 Å². The molecule has 0 saturated carbocycles. The van der Waals surface area contributed by atoms with Crippen LogP contribution in [0.2, 0.25) is 0 Å². The van der Waals surface area contributed by atoms with E-state index in [-0.39, 0.29) is 30.1 Å². The monoisotopic (exact) mass is 324 g/mol. The van der Waals surface area contributed by atoms with Crippen molar-refractivity contribution in [3.8, 4) is 0 Å². The number of carbonyl (C=O) groups is 1. The van der Waals surface area contributed by atoms with E-state index in [1.54, 1.807) is 0 Å². The van der Waals surface area contributed by atoms with E-state index in [9.17, 15) is 9.90 Å². The molecule has 0 aromatic carbocycles. The zero-order valence-corrected chi connectivity index (χ0v) is 15.5. The van der Waals surface area contributed by atoms with Gasteiger partial charge in [-0.1, -0.05) is 20.8 Å². The van der Waals surface area contributed by atoms with Gasteiger partial charge in [0.2, 0.25) is 0 Å².